The van der Waals surface area contributed by atoms with E-state index < -0.39 is 0 Å². The van der Waals surface area contributed by atoms with Crippen LogP contribution in [0.25, 0.3) is 0 Å². The van der Waals surface area contributed by atoms with Gasteiger partial charge in [-0.05, 0) is 35.7 Å². The molecule has 24 heavy (non-hydrogen) atoms. The molecule has 1 N–H and O–H groups in total. The second kappa shape index (κ2) is 8.06. The normalized spacial score (nSPS) is 11.5. The molecule has 0 saturated carbocycles. The maximum absolute atomic E-state index is 11.9. The number of pyridine rings is 1. The Balaban J connectivity index is 1.94. The molecular weight excluding hydrogens is 370 g/mol. The van der Waals surface area contributed by atoms with Crippen LogP contribution in [-0.4, -0.2) is 23.7 Å². The highest BCUT2D eigenvalue weighted by Crippen LogP contribution is 2.33. The smallest absolute Gasteiger partial charge is 0.277 e. The minimum absolute atomic E-state index is 0.0906. The van der Waals surface area contributed by atoms with E-state index in [0.29, 0.717) is 11.4 Å². The Kier molecular flexibility index (Phi) is 6.09. The van der Waals surface area contributed by atoms with E-state index in [-0.39, 0.29) is 17.9 Å². The fourth-order valence-corrected chi connectivity index (χ4v) is 2.37. The number of halogens is 1. The summed E-state index contributed by atoms with van der Waals surface area (Å²) in [5.41, 5.74) is 4.03. The molecule has 0 spiro atoms. The van der Waals surface area contributed by atoms with Crippen LogP contribution in [0.4, 0.5) is 0 Å². The van der Waals surface area contributed by atoms with E-state index in [2.05, 4.69) is 52.2 Å². The summed E-state index contributed by atoms with van der Waals surface area (Å²) in [6, 6.07) is 11.2. The molecule has 0 aliphatic carbocycles. The Hall–Kier alpha value is -2.21. The highest BCUT2D eigenvalue weighted by atomic mass is 79.9. The third-order valence-electron chi connectivity index (χ3n) is 3.18. The lowest BCUT2D eigenvalue weighted by Gasteiger charge is -2.23. The summed E-state index contributed by atoms with van der Waals surface area (Å²) < 4.78 is 6.64. The van der Waals surface area contributed by atoms with Crippen molar-refractivity contribution in [2.75, 3.05) is 6.61 Å². The fourth-order valence-electron chi connectivity index (χ4n) is 2.01. The molecule has 0 aliphatic rings. The van der Waals surface area contributed by atoms with Gasteiger partial charge in [0, 0.05) is 16.2 Å². The van der Waals surface area contributed by atoms with Gasteiger partial charge < -0.3 is 4.74 Å². The Morgan fingerprint density at radius 1 is 1.33 bits per heavy atom. The predicted molar refractivity (Wildman–Crippen MR) is 98.3 cm³/mol. The second-order valence-electron chi connectivity index (χ2n) is 6.23. The Morgan fingerprint density at radius 2 is 2.12 bits per heavy atom. The maximum atomic E-state index is 11.9. The molecule has 1 heterocycles. The van der Waals surface area contributed by atoms with Crippen molar-refractivity contribution >= 4 is 28.1 Å². The van der Waals surface area contributed by atoms with Crippen LogP contribution in [0.2, 0.25) is 0 Å². The summed E-state index contributed by atoms with van der Waals surface area (Å²) in [6.45, 7) is 6.18. The molecule has 126 valence electrons. The largest absolute Gasteiger partial charge is 0.483 e. The van der Waals surface area contributed by atoms with E-state index in [1.807, 2.05) is 30.3 Å². The second-order valence-corrected chi connectivity index (χ2v) is 7.14. The van der Waals surface area contributed by atoms with E-state index >= 15 is 0 Å². The van der Waals surface area contributed by atoms with Crippen molar-refractivity contribution < 1.29 is 9.53 Å². The Labute approximate surface area is 150 Å². The summed E-state index contributed by atoms with van der Waals surface area (Å²) >= 11 is 3.47. The number of nitrogens with one attached hydrogen (secondary N) is 1. The number of hydrogen-bond acceptors (Lipinski definition) is 4. The number of aromatic nitrogens is 1. The topological polar surface area (TPSA) is 63.6 Å². The summed E-state index contributed by atoms with van der Waals surface area (Å²) in [6.07, 6.45) is 3.14. The van der Waals surface area contributed by atoms with Gasteiger partial charge in [-0.1, -0.05) is 42.8 Å². The average molecular weight is 390 g/mol. The molecule has 0 unspecified atom stereocenters. The number of benzene rings is 1. The molecule has 1 amide bonds. The monoisotopic (exact) mass is 389 g/mol. The molecular formula is C18H20BrN3O2. The van der Waals surface area contributed by atoms with E-state index in [1.165, 1.54) is 6.21 Å². The van der Waals surface area contributed by atoms with Gasteiger partial charge in [0.1, 0.15) is 5.75 Å². The molecule has 6 heteroatoms. The van der Waals surface area contributed by atoms with Gasteiger partial charge in [-0.25, -0.2) is 5.43 Å². The highest BCUT2D eigenvalue weighted by molar-refractivity contribution is 9.10. The predicted octanol–water partition coefficient (Wildman–Crippen LogP) is 3.67. The molecule has 0 radical (unpaired) electrons. The van der Waals surface area contributed by atoms with Gasteiger partial charge in [0.15, 0.2) is 6.61 Å². The summed E-state index contributed by atoms with van der Waals surface area (Å²) in [5.74, 6) is 0.361. The van der Waals surface area contributed by atoms with Crippen LogP contribution >= 0.6 is 15.9 Å². The van der Waals surface area contributed by atoms with Gasteiger partial charge in [0.05, 0.1) is 11.9 Å². The van der Waals surface area contributed by atoms with Crippen molar-refractivity contribution in [1.82, 2.24) is 10.4 Å². The van der Waals surface area contributed by atoms with Gasteiger partial charge in [-0.15, -0.1) is 0 Å². The number of hydrogen-bond donors (Lipinski definition) is 1. The number of carbonyl (C=O) groups is 1. The summed E-state index contributed by atoms with van der Waals surface area (Å²) in [7, 11) is 0. The lowest BCUT2D eigenvalue weighted by atomic mass is 9.86. The van der Waals surface area contributed by atoms with Gasteiger partial charge in [0.2, 0.25) is 0 Å². The van der Waals surface area contributed by atoms with E-state index in [1.54, 1.807) is 12.3 Å². The van der Waals surface area contributed by atoms with Crippen molar-refractivity contribution in [2.45, 2.75) is 26.2 Å². The van der Waals surface area contributed by atoms with E-state index in [4.69, 9.17) is 4.74 Å². The first kappa shape index (κ1) is 18.1. The molecule has 0 aliphatic heterocycles. The van der Waals surface area contributed by atoms with Crippen LogP contribution in [0.3, 0.4) is 0 Å². The molecule has 1 aromatic carbocycles. The zero-order valence-electron chi connectivity index (χ0n) is 13.9. The minimum atomic E-state index is -0.329. The molecule has 5 nitrogen and oxygen atoms in total. The molecule has 0 atom stereocenters. The first-order valence-electron chi connectivity index (χ1n) is 7.52. The van der Waals surface area contributed by atoms with Gasteiger partial charge in [-0.2, -0.15) is 5.10 Å². The minimum Gasteiger partial charge on any atom is -0.483 e. The van der Waals surface area contributed by atoms with E-state index in [0.717, 1.165) is 10.0 Å². The molecule has 2 aromatic rings. The van der Waals surface area contributed by atoms with Crippen molar-refractivity contribution in [3.63, 3.8) is 0 Å². The van der Waals surface area contributed by atoms with Crippen LogP contribution in [0, 0.1) is 0 Å². The average Bonchev–Trinajstić information content (AvgIpc) is 2.54. The zero-order valence-corrected chi connectivity index (χ0v) is 15.5. The third-order valence-corrected chi connectivity index (χ3v) is 3.68. The number of carbonyl (C=O) groups excluding carboxylic acids is 1. The van der Waals surface area contributed by atoms with Crippen LogP contribution in [-0.2, 0) is 10.2 Å². The Bertz CT molecular complexity index is 725. The van der Waals surface area contributed by atoms with Crippen LogP contribution < -0.4 is 10.2 Å². The van der Waals surface area contributed by atoms with Crippen molar-refractivity contribution in [2.24, 2.45) is 5.10 Å². The highest BCUT2D eigenvalue weighted by Gasteiger charge is 2.19. The SMILES string of the molecule is CC(C)(C)c1cc(Br)ccc1OCC(=O)N/N=C/c1ccccn1. The lowest BCUT2D eigenvalue weighted by Crippen LogP contribution is -2.25. The summed E-state index contributed by atoms with van der Waals surface area (Å²) in [4.78, 5) is 15.9. The van der Waals surface area contributed by atoms with Gasteiger partial charge in [-0.3, -0.25) is 9.78 Å². The van der Waals surface area contributed by atoms with Gasteiger partial charge >= 0.3 is 0 Å². The van der Waals surface area contributed by atoms with E-state index in [9.17, 15) is 4.79 Å². The third kappa shape index (κ3) is 5.45. The molecule has 1 aromatic heterocycles. The quantitative estimate of drug-likeness (QED) is 0.626. The first-order valence-corrected chi connectivity index (χ1v) is 8.31. The Morgan fingerprint density at radius 3 is 2.79 bits per heavy atom. The number of nitrogens with zero attached hydrogens (tertiary/aromatic N) is 2. The lowest BCUT2D eigenvalue weighted by molar-refractivity contribution is -0.123. The number of amides is 1. The molecule has 2 rings (SSSR count). The fraction of sp³-hybridized carbons (Fsp3) is 0.278. The number of rotatable bonds is 5. The van der Waals surface area contributed by atoms with Crippen LogP contribution in [0.5, 0.6) is 5.75 Å². The van der Waals surface area contributed by atoms with Crippen molar-refractivity contribution in [1.29, 1.82) is 0 Å². The van der Waals surface area contributed by atoms with Crippen molar-refractivity contribution in [3.05, 3.63) is 58.3 Å². The van der Waals surface area contributed by atoms with Gasteiger partial charge in [0.25, 0.3) is 5.91 Å². The maximum Gasteiger partial charge on any atom is 0.277 e. The molecule has 0 saturated heterocycles. The van der Waals surface area contributed by atoms with Crippen LogP contribution in [0.1, 0.15) is 32.0 Å². The number of ether oxygens (including phenoxy) is 1. The van der Waals surface area contributed by atoms with Crippen LogP contribution in [0.15, 0.2) is 52.2 Å². The van der Waals surface area contributed by atoms with Crippen molar-refractivity contribution in [3.8, 4) is 5.75 Å². The zero-order chi connectivity index (χ0) is 17.6. The first-order chi connectivity index (χ1) is 11.4. The summed E-state index contributed by atoms with van der Waals surface area (Å²) in [5, 5.41) is 3.86. The standard InChI is InChI=1S/C18H20BrN3O2/c1-18(2,3)15-10-13(19)7-8-16(15)24-12-17(23)22-21-11-14-6-4-5-9-20-14/h4-11H,12H2,1-3H3,(H,22,23)/b21-11+. The number of hydrazone groups is 1. The molecule has 0 fully saturated rings. The molecule has 0 bridgehead atoms.